The van der Waals surface area contributed by atoms with Crippen molar-refractivity contribution in [1.29, 1.82) is 0 Å². The van der Waals surface area contributed by atoms with Crippen molar-refractivity contribution in [2.75, 3.05) is 41.2 Å². The zero-order valence-corrected chi connectivity index (χ0v) is 15.1. The molecule has 0 heterocycles. The Hall–Kier alpha value is 0.194. The maximum Gasteiger partial charge on any atom is 0.508 e. The van der Waals surface area contributed by atoms with Gasteiger partial charge in [0.05, 0.1) is 5.16 Å². The molecule has 0 aliphatic rings. The Balaban J connectivity index is 5.41. The lowest BCUT2D eigenvalue weighted by atomic mass is 10.9. The Morgan fingerprint density at radius 1 is 0.684 bits per heavy atom. The Kier molecular flexibility index (Phi) is 9.28. The minimum atomic E-state index is -2.91. The lowest BCUT2D eigenvalue weighted by Crippen LogP contribution is -2.62. The van der Waals surface area contributed by atoms with Crippen molar-refractivity contribution in [2.45, 2.75) is 32.9 Å². The van der Waals surface area contributed by atoms with Gasteiger partial charge in [-0.1, -0.05) is 6.92 Å². The van der Waals surface area contributed by atoms with E-state index < -0.39 is 17.6 Å². The van der Waals surface area contributed by atoms with Gasteiger partial charge in [-0.15, -0.1) is 0 Å². The summed E-state index contributed by atoms with van der Waals surface area (Å²) in [5.41, 5.74) is 0. The van der Waals surface area contributed by atoms with Crippen molar-refractivity contribution < 1.29 is 26.6 Å². The maximum absolute atomic E-state index is 5.87. The molecule has 1 atom stereocenters. The number of hydrogen-bond donors (Lipinski definition) is 0. The van der Waals surface area contributed by atoms with E-state index in [-0.39, 0.29) is 5.16 Å². The van der Waals surface area contributed by atoms with Gasteiger partial charge in [-0.2, -0.15) is 0 Å². The summed E-state index contributed by atoms with van der Waals surface area (Å²) in [5, 5.41) is -0.195. The van der Waals surface area contributed by atoms with Crippen LogP contribution in [0.15, 0.2) is 0 Å². The second-order valence-electron chi connectivity index (χ2n) is 3.84. The molecule has 0 rings (SSSR count). The maximum atomic E-state index is 5.87. The Bertz CT molecular complexity index is 212. The van der Waals surface area contributed by atoms with Crippen LogP contribution in [-0.4, -0.2) is 58.8 Å². The molecule has 0 aliphatic carbocycles. The first-order valence-electron chi connectivity index (χ1n) is 6.59. The van der Waals surface area contributed by atoms with Gasteiger partial charge in [0.15, 0.2) is 0 Å². The molecular formula is C11H28O6Si2. The highest BCUT2D eigenvalue weighted by Crippen LogP contribution is 2.35. The molecule has 6 nitrogen and oxygen atoms in total. The lowest BCUT2D eigenvalue weighted by Gasteiger charge is -2.39. The highest BCUT2D eigenvalue weighted by Gasteiger charge is 2.62. The van der Waals surface area contributed by atoms with Crippen LogP contribution in [0.25, 0.3) is 0 Å². The first-order chi connectivity index (χ1) is 9.02. The third-order valence-electron chi connectivity index (χ3n) is 2.95. The van der Waals surface area contributed by atoms with Gasteiger partial charge in [0.1, 0.15) is 0 Å². The average molecular weight is 313 g/mol. The Morgan fingerprint density at radius 2 is 1.00 bits per heavy atom. The van der Waals surface area contributed by atoms with E-state index in [4.69, 9.17) is 26.6 Å². The van der Waals surface area contributed by atoms with Crippen molar-refractivity contribution >= 4 is 17.6 Å². The topological polar surface area (TPSA) is 55.4 Å². The van der Waals surface area contributed by atoms with Gasteiger partial charge in [-0.25, -0.2) is 0 Å². The molecule has 8 heteroatoms. The van der Waals surface area contributed by atoms with Gasteiger partial charge in [0.2, 0.25) is 0 Å². The zero-order chi connectivity index (χ0) is 14.9. The lowest BCUT2D eigenvalue weighted by molar-refractivity contribution is 0.0508. The minimum absolute atomic E-state index is 0.195. The van der Waals surface area contributed by atoms with E-state index in [0.29, 0.717) is 19.8 Å². The van der Waals surface area contributed by atoms with Gasteiger partial charge in [-0.05, 0) is 20.8 Å². The van der Waals surface area contributed by atoms with Gasteiger partial charge < -0.3 is 26.6 Å². The molecule has 0 radical (unpaired) electrons. The van der Waals surface area contributed by atoms with E-state index in [0.717, 1.165) is 0 Å². The second-order valence-corrected chi connectivity index (χ2v) is 10.7. The Labute approximate surface area is 119 Å². The van der Waals surface area contributed by atoms with Crippen molar-refractivity contribution in [3.05, 3.63) is 0 Å². The molecule has 0 spiro atoms. The fourth-order valence-electron chi connectivity index (χ4n) is 2.10. The molecule has 0 amide bonds. The third kappa shape index (κ3) is 4.33. The molecule has 0 aromatic rings. The summed E-state index contributed by atoms with van der Waals surface area (Å²) in [6.45, 7) is 9.25. The summed E-state index contributed by atoms with van der Waals surface area (Å²) in [6.07, 6.45) is 0. The first kappa shape index (κ1) is 19.2. The van der Waals surface area contributed by atoms with Gasteiger partial charge in [0.25, 0.3) is 0 Å². The van der Waals surface area contributed by atoms with Gasteiger partial charge in [0, 0.05) is 41.2 Å². The van der Waals surface area contributed by atoms with Crippen LogP contribution in [0.4, 0.5) is 0 Å². The molecule has 0 N–H and O–H groups in total. The van der Waals surface area contributed by atoms with E-state index in [1.165, 1.54) is 0 Å². The minimum Gasteiger partial charge on any atom is -0.377 e. The molecule has 19 heavy (non-hydrogen) atoms. The van der Waals surface area contributed by atoms with Gasteiger partial charge >= 0.3 is 17.6 Å². The van der Waals surface area contributed by atoms with E-state index in [2.05, 4.69) is 0 Å². The Morgan fingerprint density at radius 3 is 1.21 bits per heavy atom. The first-order valence-corrected chi connectivity index (χ1v) is 10.2. The summed E-state index contributed by atoms with van der Waals surface area (Å²) < 4.78 is 34.2. The fraction of sp³-hybridized carbons (Fsp3) is 1.00. The van der Waals surface area contributed by atoms with E-state index in [9.17, 15) is 0 Å². The van der Waals surface area contributed by atoms with E-state index in [1.54, 1.807) is 21.3 Å². The fourth-order valence-corrected chi connectivity index (χ4v) is 9.41. The summed E-state index contributed by atoms with van der Waals surface area (Å²) in [4.78, 5) is 0. The predicted molar refractivity (Wildman–Crippen MR) is 76.8 cm³/mol. The SMILES string of the molecule is CCO[Si](OCC)(OCC)C(C)[Si](OC)(OC)OC. The summed E-state index contributed by atoms with van der Waals surface area (Å²) in [7, 11) is -1.05. The van der Waals surface area contributed by atoms with Crippen LogP contribution in [-0.2, 0) is 26.6 Å². The highest BCUT2D eigenvalue weighted by atomic mass is 28.5. The van der Waals surface area contributed by atoms with Gasteiger partial charge in [-0.3, -0.25) is 0 Å². The van der Waals surface area contributed by atoms with Crippen molar-refractivity contribution in [3.8, 4) is 0 Å². The monoisotopic (exact) mass is 312 g/mol. The third-order valence-corrected chi connectivity index (χ3v) is 11.0. The molecular weight excluding hydrogens is 284 g/mol. The standard InChI is InChI=1S/C11H28O6Si2/c1-8-15-19(16-9-2,17-10-3)11(4)18(12-5,13-6)14-7/h11H,8-10H2,1-7H3. The highest BCUT2D eigenvalue weighted by molar-refractivity contribution is 6.82. The van der Waals surface area contributed by atoms with Crippen LogP contribution in [0.2, 0.25) is 5.16 Å². The molecule has 0 bridgehead atoms. The largest absolute Gasteiger partial charge is 0.508 e. The van der Waals surface area contributed by atoms with Crippen LogP contribution < -0.4 is 0 Å². The normalized spacial score (nSPS) is 14.7. The van der Waals surface area contributed by atoms with E-state index in [1.807, 2.05) is 27.7 Å². The quantitative estimate of drug-likeness (QED) is 0.543. The molecule has 0 aliphatic heterocycles. The number of rotatable bonds is 11. The van der Waals surface area contributed by atoms with Crippen molar-refractivity contribution in [3.63, 3.8) is 0 Å². The molecule has 116 valence electrons. The van der Waals surface area contributed by atoms with E-state index >= 15 is 0 Å². The van der Waals surface area contributed by atoms with Crippen LogP contribution >= 0.6 is 0 Å². The molecule has 0 fully saturated rings. The van der Waals surface area contributed by atoms with Crippen molar-refractivity contribution in [2.24, 2.45) is 0 Å². The molecule has 0 aromatic heterocycles. The van der Waals surface area contributed by atoms with Crippen LogP contribution in [0, 0.1) is 0 Å². The van der Waals surface area contributed by atoms with Crippen LogP contribution in [0.1, 0.15) is 27.7 Å². The smallest absolute Gasteiger partial charge is 0.377 e. The van der Waals surface area contributed by atoms with Crippen molar-refractivity contribution in [1.82, 2.24) is 0 Å². The second kappa shape index (κ2) is 9.19. The molecule has 0 saturated carbocycles. The molecule has 1 unspecified atom stereocenters. The molecule has 0 aromatic carbocycles. The van der Waals surface area contributed by atoms with Crippen LogP contribution in [0.3, 0.4) is 0 Å². The zero-order valence-electron chi connectivity index (χ0n) is 13.1. The number of hydrogen-bond acceptors (Lipinski definition) is 6. The summed E-state index contributed by atoms with van der Waals surface area (Å²) in [5.74, 6) is 0. The van der Waals surface area contributed by atoms with Crippen LogP contribution in [0.5, 0.6) is 0 Å². The predicted octanol–water partition coefficient (Wildman–Crippen LogP) is 1.84. The average Bonchev–Trinajstić information content (AvgIpc) is 2.42. The summed E-state index contributed by atoms with van der Waals surface area (Å²) >= 11 is 0. The molecule has 0 saturated heterocycles. The summed E-state index contributed by atoms with van der Waals surface area (Å²) in [6, 6.07) is 0.